The molecule has 2 aromatic carbocycles. The van der Waals surface area contributed by atoms with Gasteiger partial charge in [-0.05, 0) is 67.0 Å². The van der Waals surface area contributed by atoms with E-state index in [9.17, 15) is 14.7 Å². The Morgan fingerprint density at radius 3 is 2.41 bits per heavy atom. The maximum absolute atomic E-state index is 12.4. The van der Waals surface area contributed by atoms with E-state index in [1.807, 2.05) is 30.3 Å². The van der Waals surface area contributed by atoms with E-state index >= 15 is 0 Å². The molecule has 0 radical (unpaired) electrons. The zero-order valence-electron chi connectivity index (χ0n) is 19.7. The van der Waals surface area contributed by atoms with Gasteiger partial charge in [-0.25, -0.2) is 0 Å². The molecule has 2 fully saturated rings. The molecule has 2 aliphatic carbocycles. The lowest BCUT2D eigenvalue weighted by Crippen LogP contribution is -2.41. The van der Waals surface area contributed by atoms with Gasteiger partial charge in [0.15, 0.2) is 11.5 Å². The predicted octanol–water partition coefficient (Wildman–Crippen LogP) is 4.81. The number of carbonyl (C=O) groups is 2. The van der Waals surface area contributed by atoms with Crippen LogP contribution in [0.15, 0.2) is 30.3 Å². The third-order valence-corrected chi connectivity index (χ3v) is 7.68. The van der Waals surface area contributed by atoms with Gasteiger partial charge in [0.1, 0.15) is 11.5 Å². The van der Waals surface area contributed by atoms with Crippen LogP contribution in [-0.2, 0) is 11.3 Å². The molecule has 0 aromatic heterocycles. The highest BCUT2D eigenvalue weighted by molar-refractivity contribution is 5.99. The summed E-state index contributed by atoms with van der Waals surface area (Å²) in [5, 5.41) is 13.0. The van der Waals surface area contributed by atoms with Crippen molar-refractivity contribution in [1.82, 2.24) is 5.32 Å². The van der Waals surface area contributed by atoms with E-state index in [1.165, 1.54) is 6.42 Å². The number of ether oxygens (including phenoxy) is 3. The Bertz CT molecular complexity index is 1120. The molecule has 1 unspecified atom stereocenters. The molecule has 0 bridgehead atoms. The van der Waals surface area contributed by atoms with Crippen molar-refractivity contribution >= 4 is 11.9 Å². The van der Waals surface area contributed by atoms with Crippen molar-refractivity contribution in [1.29, 1.82) is 0 Å². The van der Waals surface area contributed by atoms with E-state index in [0.717, 1.165) is 42.4 Å². The Morgan fingerprint density at radius 1 is 1.03 bits per heavy atom. The molecule has 34 heavy (non-hydrogen) atoms. The van der Waals surface area contributed by atoms with Gasteiger partial charge in [0.25, 0.3) is 5.91 Å². The van der Waals surface area contributed by atoms with Crippen molar-refractivity contribution in [3.63, 3.8) is 0 Å². The molecular weight excluding hydrogens is 434 g/mol. The number of hydrogen-bond acceptors (Lipinski definition) is 5. The van der Waals surface area contributed by atoms with Crippen LogP contribution in [0.2, 0.25) is 0 Å². The van der Waals surface area contributed by atoms with Gasteiger partial charge >= 0.3 is 5.97 Å². The first kappa shape index (κ1) is 22.6. The maximum atomic E-state index is 12.4. The second-order valence-corrected chi connectivity index (χ2v) is 9.63. The summed E-state index contributed by atoms with van der Waals surface area (Å²) < 4.78 is 18.1. The summed E-state index contributed by atoms with van der Waals surface area (Å²) in [6, 6.07) is 9.46. The minimum atomic E-state index is -0.859. The highest BCUT2D eigenvalue weighted by atomic mass is 16.5. The molecule has 2 aromatic rings. The van der Waals surface area contributed by atoms with Crippen LogP contribution in [0.4, 0.5) is 0 Å². The number of methoxy groups -OCH3 is 2. The summed E-state index contributed by atoms with van der Waals surface area (Å²) >= 11 is 0. The van der Waals surface area contributed by atoms with E-state index in [-0.39, 0.29) is 11.8 Å². The fraction of sp³-hybridized carbons (Fsp3) is 0.481. The highest BCUT2D eigenvalue weighted by Crippen LogP contribution is 2.56. The molecule has 1 heterocycles. The first-order valence-electron chi connectivity index (χ1n) is 12.0. The number of rotatable bonds is 8. The lowest BCUT2D eigenvalue weighted by atomic mass is 9.78. The average Bonchev–Trinajstić information content (AvgIpc) is 3.60. The van der Waals surface area contributed by atoms with E-state index < -0.39 is 17.5 Å². The number of nitrogens with one attached hydrogen (secondary N) is 1. The second-order valence-electron chi connectivity index (χ2n) is 9.63. The van der Waals surface area contributed by atoms with E-state index in [2.05, 4.69) is 5.32 Å². The Kier molecular flexibility index (Phi) is 5.88. The molecular formula is C27H31NO6. The summed E-state index contributed by atoms with van der Waals surface area (Å²) in [5.74, 6) is 0.812. The van der Waals surface area contributed by atoms with Crippen LogP contribution in [0.3, 0.4) is 0 Å². The van der Waals surface area contributed by atoms with Gasteiger partial charge in [-0.3, -0.25) is 9.59 Å². The van der Waals surface area contributed by atoms with Crippen molar-refractivity contribution < 1.29 is 28.9 Å². The molecule has 1 atom stereocenters. The molecule has 1 aliphatic heterocycles. The van der Waals surface area contributed by atoms with Gasteiger partial charge in [0.2, 0.25) is 5.75 Å². The minimum absolute atomic E-state index is 0.0696. The van der Waals surface area contributed by atoms with Gasteiger partial charge in [-0.1, -0.05) is 25.3 Å². The van der Waals surface area contributed by atoms with E-state index in [0.29, 0.717) is 42.2 Å². The van der Waals surface area contributed by atoms with Crippen LogP contribution in [0.5, 0.6) is 17.2 Å². The monoisotopic (exact) mass is 465 g/mol. The van der Waals surface area contributed by atoms with Gasteiger partial charge in [-0.15, -0.1) is 0 Å². The van der Waals surface area contributed by atoms with Crippen molar-refractivity contribution in [3.8, 4) is 28.4 Å². The third kappa shape index (κ3) is 3.77. The topological polar surface area (TPSA) is 94.1 Å². The molecule has 7 heteroatoms. The zero-order valence-corrected chi connectivity index (χ0v) is 19.7. The molecule has 0 spiro atoms. The zero-order chi connectivity index (χ0) is 23.9. The summed E-state index contributed by atoms with van der Waals surface area (Å²) in [6.45, 7) is 0.484. The third-order valence-electron chi connectivity index (χ3n) is 7.68. The van der Waals surface area contributed by atoms with Gasteiger partial charge in [0, 0.05) is 17.7 Å². The number of carboxylic acid groups (broad SMARTS) is 1. The number of hydrogen-bond donors (Lipinski definition) is 2. The minimum Gasteiger partial charge on any atom is -0.493 e. The van der Waals surface area contributed by atoms with Gasteiger partial charge < -0.3 is 24.6 Å². The first-order valence-corrected chi connectivity index (χ1v) is 12.0. The smallest absolute Gasteiger partial charge is 0.313 e. The fourth-order valence-corrected chi connectivity index (χ4v) is 5.62. The molecule has 0 saturated heterocycles. The Hall–Kier alpha value is -3.22. The van der Waals surface area contributed by atoms with Crippen LogP contribution >= 0.6 is 0 Å². The molecule has 1 amide bonds. The predicted molar refractivity (Wildman–Crippen MR) is 126 cm³/mol. The Labute approximate surface area is 199 Å². The van der Waals surface area contributed by atoms with E-state index in [1.54, 1.807) is 14.2 Å². The normalized spacial score (nSPS) is 19.6. The Balaban J connectivity index is 1.61. The van der Waals surface area contributed by atoms with Crippen molar-refractivity contribution in [3.05, 3.63) is 41.5 Å². The number of carboxylic acids is 1. The van der Waals surface area contributed by atoms with Crippen LogP contribution in [0.1, 0.15) is 60.9 Å². The summed E-state index contributed by atoms with van der Waals surface area (Å²) in [6.07, 6.45) is 6.10. The largest absolute Gasteiger partial charge is 0.493 e. The van der Waals surface area contributed by atoms with Crippen LogP contribution in [0.25, 0.3) is 11.1 Å². The standard InChI is InChI=1S/C27H31NO6/c1-32-21-11-10-19(17-8-9-20-18(14-17)15-28-25(20)29)22(23(21)33-2)34-24(16-6-4-3-5-7-16)27(12-13-27)26(30)31/h8-11,14,16,24H,3-7,12-13,15H2,1-2H3,(H,28,29)(H,30,31). The maximum Gasteiger partial charge on any atom is 0.313 e. The lowest BCUT2D eigenvalue weighted by Gasteiger charge is -2.35. The van der Waals surface area contributed by atoms with Gasteiger partial charge in [0.05, 0.1) is 14.2 Å². The average molecular weight is 466 g/mol. The summed E-state index contributed by atoms with van der Waals surface area (Å²) in [5.41, 5.74) is 2.42. The summed E-state index contributed by atoms with van der Waals surface area (Å²) in [4.78, 5) is 24.4. The quantitative estimate of drug-likeness (QED) is 0.581. The Morgan fingerprint density at radius 2 is 1.76 bits per heavy atom. The molecule has 2 N–H and O–H groups in total. The summed E-state index contributed by atoms with van der Waals surface area (Å²) in [7, 11) is 3.14. The molecule has 7 nitrogen and oxygen atoms in total. The second kappa shape index (κ2) is 8.85. The highest BCUT2D eigenvalue weighted by Gasteiger charge is 2.60. The van der Waals surface area contributed by atoms with Crippen molar-refractivity contribution in [2.45, 2.75) is 57.6 Å². The van der Waals surface area contributed by atoms with Gasteiger partial charge in [-0.2, -0.15) is 0 Å². The van der Waals surface area contributed by atoms with Crippen molar-refractivity contribution in [2.24, 2.45) is 11.3 Å². The van der Waals surface area contributed by atoms with Crippen LogP contribution < -0.4 is 19.5 Å². The van der Waals surface area contributed by atoms with E-state index in [4.69, 9.17) is 14.2 Å². The number of carbonyl (C=O) groups excluding carboxylic acids is 1. The number of fused-ring (bicyclic) bond motifs is 1. The SMILES string of the molecule is COc1ccc(-c2ccc3c(c2)CNC3=O)c(OC(C2CCCCC2)C2(C(=O)O)CC2)c1OC. The van der Waals surface area contributed by atoms with Crippen LogP contribution in [-0.4, -0.2) is 37.3 Å². The number of amides is 1. The number of aliphatic carboxylic acids is 1. The lowest BCUT2D eigenvalue weighted by molar-refractivity contribution is -0.149. The molecule has 3 aliphatic rings. The molecule has 5 rings (SSSR count). The first-order chi connectivity index (χ1) is 16.5. The van der Waals surface area contributed by atoms with Crippen molar-refractivity contribution in [2.75, 3.05) is 14.2 Å². The fourth-order valence-electron chi connectivity index (χ4n) is 5.62. The molecule has 180 valence electrons. The molecule has 2 saturated carbocycles. The van der Waals surface area contributed by atoms with Crippen LogP contribution in [0, 0.1) is 11.3 Å². The number of benzene rings is 2.